The Morgan fingerprint density at radius 3 is 2.67 bits per heavy atom. The Morgan fingerprint density at radius 2 is 2.00 bits per heavy atom. The molecule has 21 heavy (non-hydrogen) atoms. The third-order valence-corrected chi connectivity index (χ3v) is 3.83. The highest BCUT2D eigenvalue weighted by Gasteiger charge is 2.14. The molecule has 3 rings (SSSR count). The molecule has 0 bridgehead atoms. The largest absolute Gasteiger partial charge is 0.229 e. The van der Waals surface area contributed by atoms with Gasteiger partial charge in [-0.2, -0.15) is 10.4 Å². The second-order valence-corrected chi connectivity index (χ2v) is 5.07. The lowest BCUT2D eigenvalue weighted by Gasteiger charge is -2.07. The number of aryl methyl sites for hydroxylation is 1. The molecule has 0 fully saturated rings. The maximum Gasteiger partial charge on any atom is 0.155 e. The highest BCUT2D eigenvalue weighted by molar-refractivity contribution is 5.85. The second kappa shape index (κ2) is 5.02. The van der Waals surface area contributed by atoms with Gasteiger partial charge < -0.3 is 0 Å². The summed E-state index contributed by atoms with van der Waals surface area (Å²) in [7, 11) is 0. The molecule has 0 aliphatic rings. The fourth-order valence-electron chi connectivity index (χ4n) is 2.77. The number of hydrogen-bond acceptors (Lipinski definition) is 3. The number of nitriles is 1. The van der Waals surface area contributed by atoms with Crippen LogP contribution in [0.15, 0.2) is 30.3 Å². The number of benzene rings is 1. The van der Waals surface area contributed by atoms with E-state index in [9.17, 15) is 5.26 Å². The molecular formula is C17H16N4. The molecule has 4 heteroatoms. The molecule has 0 atom stereocenters. The van der Waals surface area contributed by atoms with Crippen molar-refractivity contribution >= 4 is 10.9 Å². The minimum atomic E-state index is 0.626. The SMILES string of the molecule is CCc1c(C)nn(-c2cc(C#N)c3ccccc3n2)c1C. The van der Waals surface area contributed by atoms with Crippen molar-refractivity contribution in [2.75, 3.05) is 0 Å². The summed E-state index contributed by atoms with van der Waals surface area (Å²) in [6.45, 7) is 6.17. The summed E-state index contributed by atoms with van der Waals surface area (Å²) < 4.78 is 1.83. The zero-order valence-electron chi connectivity index (χ0n) is 12.4. The van der Waals surface area contributed by atoms with E-state index in [2.05, 4.69) is 23.1 Å². The number of hydrogen-bond donors (Lipinski definition) is 0. The maximum atomic E-state index is 9.37. The van der Waals surface area contributed by atoms with E-state index < -0.39 is 0 Å². The lowest BCUT2D eigenvalue weighted by atomic mass is 10.1. The van der Waals surface area contributed by atoms with E-state index in [1.54, 1.807) is 6.07 Å². The molecule has 104 valence electrons. The summed E-state index contributed by atoms with van der Waals surface area (Å²) in [5.74, 6) is 0.700. The fraction of sp³-hybridized carbons (Fsp3) is 0.235. The van der Waals surface area contributed by atoms with Gasteiger partial charge in [0.25, 0.3) is 0 Å². The van der Waals surface area contributed by atoms with Crippen LogP contribution in [0, 0.1) is 25.2 Å². The molecule has 0 amide bonds. The van der Waals surface area contributed by atoms with Crippen LogP contribution in [0.5, 0.6) is 0 Å². The van der Waals surface area contributed by atoms with Crippen LogP contribution in [0.4, 0.5) is 0 Å². The molecule has 0 unspecified atom stereocenters. The molecule has 0 spiro atoms. The molecule has 0 saturated carbocycles. The van der Waals surface area contributed by atoms with Gasteiger partial charge in [0.2, 0.25) is 0 Å². The van der Waals surface area contributed by atoms with Crippen molar-refractivity contribution in [3.8, 4) is 11.9 Å². The Hall–Kier alpha value is -2.67. The topological polar surface area (TPSA) is 54.5 Å². The smallest absolute Gasteiger partial charge is 0.155 e. The average Bonchev–Trinajstić information content (AvgIpc) is 2.80. The monoisotopic (exact) mass is 276 g/mol. The highest BCUT2D eigenvalue weighted by Crippen LogP contribution is 2.22. The number of fused-ring (bicyclic) bond motifs is 1. The van der Waals surface area contributed by atoms with Crippen molar-refractivity contribution in [3.05, 3.63) is 52.8 Å². The van der Waals surface area contributed by atoms with E-state index in [-0.39, 0.29) is 0 Å². The van der Waals surface area contributed by atoms with Crippen molar-refractivity contribution < 1.29 is 0 Å². The maximum absolute atomic E-state index is 9.37. The summed E-state index contributed by atoms with van der Waals surface area (Å²) in [5.41, 5.74) is 4.78. The van der Waals surface area contributed by atoms with Crippen LogP contribution in [0.1, 0.15) is 29.4 Å². The molecule has 1 aromatic carbocycles. The first-order valence-electron chi connectivity index (χ1n) is 7.01. The Labute approximate surface area is 123 Å². The minimum Gasteiger partial charge on any atom is -0.229 e. The normalized spacial score (nSPS) is 10.8. The van der Waals surface area contributed by atoms with Crippen LogP contribution < -0.4 is 0 Å². The Morgan fingerprint density at radius 1 is 1.24 bits per heavy atom. The van der Waals surface area contributed by atoms with Crippen molar-refractivity contribution in [1.29, 1.82) is 5.26 Å². The lowest BCUT2D eigenvalue weighted by molar-refractivity contribution is 0.809. The summed E-state index contributed by atoms with van der Waals surface area (Å²) in [5, 5.41) is 14.8. The van der Waals surface area contributed by atoms with Crippen LogP contribution in [0.3, 0.4) is 0 Å². The Balaban J connectivity index is 2.29. The molecule has 0 aliphatic carbocycles. The van der Waals surface area contributed by atoms with Gasteiger partial charge in [-0.25, -0.2) is 9.67 Å². The van der Waals surface area contributed by atoms with Gasteiger partial charge in [-0.05, 0) is 31.9 Å². The van der Waals surface area contributed by atoms with Crippen LogP contribution >= 0.6 is 0 Å². The Bertz CT molecular complexity index is 868. The van der Waals surface area contributed by atoms with Gasteiger partial charge in [0, 0.05) is 17.1 Å². The number of pyridine rings is 1. The standard InChI is InChI=1S/C17H16N4/c1-4-14-11(2)20-21(12(14)3)17-9-13(10-18)15-7-5-6-8-16(15)19-17/h5-9H,4H2,1-3H3. The lowest BCUT2D eigenvalue weighted by Crippen LogP contribution is -2.03. The number of nitrogens with zero attached hydrogens (tertiary/aromatic N) is 4. The van der Waals surface area contributed by atoms with Gasteiger partial charge in [-0.15, -0.1) is 0 Å². The zero-order chi connectivity index (χ0) is 15.0. The molecule has 2 aromatic heterocycles. The van der Waals surface area contributed by atoms with E-state index >= 15 is 0 Å². The molecule has 0 saturated heterocycles. The van der Waals surface area contributed by atoms with Crippen LogP contribution in [-0.2, 0) is 6.42 Å². The molecule has 0 N–H and O–H groups in total. The predicted molar refractivity (Wildman–Crippen MR) is 82.4 cm³/mol. The fourth-order valence-corrected chi connectivity index (χ4v) is 2.77. The Kier molecular flexibility index (Phi) is 3.19. The van der Waals surface area contributed by atoms with E-state index in [4.69, 9.17) is 0 Å². The summed E-state index contributed by atoms with van der Waals surface area (Å²) in [6.07, 6.45) is 0.941. The molecular weight excluding hydrogens is 260 g/mol. The van der Waals surface area contributed by atoms with Gasteiger partial charge in [-0.1, -0.05) is 25.1 Å². The van der Waals surface area contributed by atoms with E-state index in [1.807, 2.05) is 42.8 Å². The highest BCUT2D eigenvalue weighted by atomic mass is 15.3. The summed E-state index contributed by atoms with van der Waals surface area (Å²) >= 11 is 0. The molecule has 0 aliphatic heterocycles. The van der Waals surface area contributed by atoms with E-state index in [0.717, 1.165) is 28.7 Å². The first-order chi connectivity index (χ1) is 10.2. The van der Waals surface area contributed by atoms with Crippen molar-refractivity contribution in [1.82, 2.24) is 14.8 Å². The van der Waals surface area contributed by atoms with E-state index in [0.29, 0.717) is 11.4 Å². The van der Waals surface area contributed by atoms with Gasteiger partial charge in [-0.3, -0.25) is 0 Å². The van der Waals surface area contributed by atoms with Gasteiger partial charge >= 0.3 is 0 Å². The summed E-state index contributed by atoms with van der Waals surface area (Å²) in [6, 6.07) is 11.8. The molecule has 3 aromatic rings. The molecule has 0 radical (unpaired) electrons. The van der Waals surface area contributed by atoms with Crippen molar-refractivity contribution in [2.45, 2.75) is 27.2 Å². The molecule has 2 heterocycles. The predicted octanol–water partition coefficient (Wildman–Crippen LogP) is 3.47. The third-order valence-electron chi connectivity index (χ3n) is 3.83. The second-order valence-electron chi connectivity index (χ2n) is 5.07. The van der Waals surface area contributed by atoms with Crippen molar-refractivity contribution in [3.63, 3.8) is 0 Å². The third kappa shape index (κ3) is 2.07. The number of aromatic nitrogens is 3. The van der Waals surface area contributed by atoms with Gasteiger partial charge in [0.1, 0.15) is 0 Å². The minimum absolute atomic E-state index is 0.626. The summed E-state index contributed by atoms with van der Waals surface area (Å²) in [4.78, 5) is 4.65. The molecule has 4 nitrogen and oxygen atoms in total. The van der Waals surface area contributed by atoms with Crippen LogP contribution in [0.25, 0.3) is 16.7 Å². The van der Waals surface area contributed by atoms with Crippen LogP contribution in [0.2, 0.25) is 0 Å². The first-order valence-corrected chi connectivity index (χ1v) is 7.01. The zero-order valence-corrected chi connectivity index (χ0v) is 12.4. The van der Waals surface area contributed by atoms with Crippen molar-refractivity contribution in [2.24, 2.45) is 0 Å². The van der Waals surface area contributed by atoms with E-state index in [1.165, 1.54) is 5.56 Å². The first kappa shape index (κ1) is 13.3. The average molecular weight is 276 g/mol. The number of rotatable bonds is 2. The van der Waals surface area contributed by atoms with Crippen LogP contribution in [-0.4, -0.2) is 14.8 Å². The van der Waals surface area contributed by atoms with Gasteiger partial charge in [0.05, 0.1) is 22.8 Å². The quantitative estimate of drug-likeness (QED) is 0.720. The number of para-hydroxylation sites is 1. The van der Waals surface area contributed by atoms with Gasteiger partial charge in [0.15, 0.2) is 5.82 Å².